The first-order valence-electron chi connectivity index (χ1n) is 12.4. The lowest BCUT2D eigenvalue weighted by molar-refractivity contribution is 0.312. The first kappa shape index (κ1) is 21.3. The van der Waals surface area contributed by atoms with Crippen molar-refractivity contribution < 1.29 is 0 Å². The number of aromatic nitrogens is 6. The van der Waals surface area contributed by atoms with Crippen molar-refractivity contribution in [2.75, 3.05) is 48.3 Å². The van der Waals surface area contributed by atoms with Gasteiger partial charge in [-0.3, -0.25) is 4.57 Å². The molecule has 10 nitrogen and oxygen atoms in total. The largest absolute Gasteiger partial charge is 0.354 e. The molecule has 178 valence electrons. The summed E-state index contributed by atoms with van der Waals surface area (Å²) in [6.07, 6.45) is 11.4. The normalized spacial score (nSPS) is 20.9. The molecule has 2 aliphatic heterocycles. The van der Waals surface area contributed by atoms with Crippen LogP contribution in [0.15, 0.2) is 30.9 Å². The van der Waals surface area contributed by atoms with Gasteiger partial charge in [-0.1, -0.05) is 19.8 Å². The number of hydrogen-bond donors (Lipinski definition) is 1. The fraction of sp³-hybridized carbons (Fsp3) is 0.542. The molecule has 0 spiro atoms. The van der Waals surface area contributed by atoms with Crippen LogP contribution >= 0.6 is 0 Å². The van der Waals surface area contributed by atoms with Gasteiger partial charge in [-0.25, -0.2) is 9.97 Å². The fourth-order valence-electron chi connectivity index (χ4n) is 5.52. The number of rotatable bonds is 5. The van der Waals surface area contributed by atoms with Gasteiger partial charge in [-0.05, 0) is 38.4 Å². The Morgan fingerprint density at radius 2 is 1.85 bits per heavy atom. The maximum atomic E-state index is 5.02. The van der Waals surface area contributed by atoms with Crippen molar-refractivity contribution in [1.29, 1.82) is 0 Å². The van der Waals surface area contributed by atoms with Crippen LogP contribution in [0, 0.1) is 0 Å². The summed E-state index contributed by atoms with van der Waals surface area (Å²) < 4.78 is 2.05. The maximum Gasteiger partial charge on any atom is 0.229 e. The van der Waals surface area contributed by atoms with Crippen LogP contribution in [0.3, 0.4) is 0 Å². The van der Waals surface area contributed by atoms with E-state index in [-0.39, 0.29) is 6.04 Å². The van der Waals surface area contributed by atoms with E-state index < -0.39 is 0 Å². The number of fused-ring (bicyclic) bond motifs is 3. The monoisotopic (exact) mass is 460 g/mol. The molecule has 5 heterocycles. The molecule has 10 heteroatoms. The van der Waals surface area contributed by atoms with Gasteiger partial charge < -0.3 is 20.0 Å². The van der Waals surface area contributed by atoms with Crippen molar-refractivity contribution in [3.05, 3.63) is 36.7 Å². The minimum atomic E-state index is 0.172. The Bertz CT molecular complexity index is 1130. The number of likely N-dealkylation sites (N-methyl/N-ethyl adjacent to an activating group) is 1. The molecule has 1 N–H and O–H groups in total. The standard InChI is InChI=1S/C24H32N10/c1-3-19-23-30-27-16-33(23)20-15-26-24(29-22(20)34(19)18-6-4-5-7-18)28-17-8-9-21(25-14-17)32-12-10-31(2)11-13-32/h8-9,14-16,18-19H,3-7,10-13H2,1-2H3,(H,26,28,29). The van der Waals surface area contributed by atoms with E-state index >= 15 is 0 Å². The number of nitrogens with one attached hydrogen (secondary N) is 1. The molecule has 1 aliphatic carbocycles. The lowest BCUT2D eigenvalue weighted by atomic mass is 10.0. The van der Waals surface area contributed by atoms with Crippen molar-refractivity contribution in [2.45, 2.75) is 51.1 Å². The van der Waals surface area contributed by atoms with Crippen molar-refractivity contribution in [1.82, 2.24) is 34.6 Å². The second-order valence-corrected chi connectivity index (χ2v) is 9.55. The third-order valence-electron chi connectivity index (χ3n) is 7.40. The third-order valence-corrected chi connectivity index (χ3v) is 7.40. The molecule has 1 atom stereocenters. The van der Waals surface area contributed by atoms with Gasteiger partial charge >= 0.3 is 0 Å². The second-order valence-electron chi connectivity index (χ2n) is 9.55. The van der Waals surface area contributed by atoms with E-state index in [4.69, 9.17) is 9.97 Å². The summed E-state index contributed by atoms with van der Waals surface area (Å²) in [5.41, 5.74) is 1.84. The van der Waals surface area contributed by atoms with Gasteiger partial charge in [0, 0.05) is 32.2 Å². The Kier molecular flexibility index (Phi) is 5.52. The highest BCUT2D eigenvalue weighted by Gasteiger charge is 2.38. The first-order valence-corrected chi connectivity index (χ1v) is 12.4. The third kappa shape index (κ3) is 3.75. The quantitative estimate of drug-likeness (QED) is 0.616. The van der Waals surface area contributed by atoms with Gasteiger partial charge in [-0.15, -0.1) is 10.2 Å². The molecule has 0 aromatic carbocycles. The Labute approximate surface area is 200 Å². The topological polar surface area (TPSA) is 91.1 Å². The van der Waals surface area contributed by atoms with Gasteiger partial charge in [0.2, 0.25) is 5.95 Å². The summed E-state index contributed by atoms with van der Waals surface area (Å²) in [6, 6.07) is 4.78. The van der Waals surface area contributed by atoms with Crippen LogP contribution in [0.2, 0.25) is 0 Å². The number of hydrogen-bond acceptors (Lipinski definition) is 9. The van der Waals surface area contributed by atoms with Crippen LogP contribution in [-0.2, 0) is 0 Å². The summed E-state index contributed by atoms with van der Waals surface area (Å²) >= 11 is 0. The summed E-state index contributed by atoms with van der Waals surface area (Å²) in [6.45, 7) is 6.35. The molecule has 1 saturated heterocycles. The molecule has 0 amide bonds. The van der Waals surface area contributed by atoms with E-state index in [2.05, 4.69) is 61.3 Å². The summed E-state index contributed by atoms with van der Waals surface area (Å²) in [5.74, 6) is 3.55. The Hall–Kier alpha value is -3.27. The highest BCUT2D eigenvalue weighted by molar-refractivity contribution is 5.65. The molecule has 1 unspecified atom stereocenters. The number of piperazine rings is 1. The molecule has 34 heavy (non-hydrogen) atoms. The summed E-state index contributed by atoms with van der Waals surface area (Å²) in [7, 11) is 2.16. The van der Waals surface area contributed by atoms with E-state index in [0.717, 1.165) is 61.4 Å². The van der Waals surface area contributed by atoms with E-state index in [1.54, 1.807) is 6.33 Å². The Balaban J connectivity index is 1.28. The van der Waals surface area contributed by atoms with Crippen molar-refractivity contribution in [3.63, 3.8) is 0 Å². The molecule has 2 fully saturated rings. The lowest BCUT2D eigenvalue weighted by Crippen LogP contribution is -2.44. The van der Waals surface area contributed by atoms with Crippen LogP contribution in [0.25, 0.3) is 5.69 Å². The van der Waals surface area contributed by atoms with Crippen LogP contribution < -0.4 is 15.1 Å². The van der Waals surface area contributed by atoms with Gasteiger partial charge in [0.1, 0.15) is 17.8 Å². The van der Waals surface area contributed by atoms with Crippen LogP contribution in [0.4, 0.5) is 23.3 Å². The molecule has 3 aromatic rings. The van der Waals surface area contributed by atoms with Crippen molar-refractivity contribution >= 4 is 23.3 Å². The average Bonchev–Trinajstić information content (AvgIpc) is 3.57. The summed E-state index contributed by atoms with van der Waals surface area (Å²) in [5, 5.41) is 12.0. The van der Waals surface area contributed by atoms with Gasteiger partial charge in [0.25, 0.3) is 0 Å². The van der Waals surface area contributed by atoms with Gasteiger partial charge in [0.15, 0.2) is 11.6 Å². The molecule has 3 aromatic heterocycles. The molecular weight excluding hydrogens is 428 g/mol. The molecule has 1 saturated carbocycles. The molecule has 6 rings (SSSR count). The van der Waals surface area contributed by atoms with Crippen LogP contribution in [0.1, 0.15) is 50.9 Å². The molecule has 0 bridgehead atoms. The van der Waals surface area contributed by atoms with Crippen LogP contribution in [-0.4, -0.2) is 73.9 Å². The smallest absolute Gasteiger partial charge is 0.229 e. The fourth-order valence-corrected chi connectivity index (χ4v) is 5.52. The van der Waals surface area contributed by atoms with E-state index in [0.29, 0.717) is 12.0 Å². The highest BCUT2D eigenvalue weighted by Crippen LogP contribution is 2.42. The van der Waals surface area contributed by atoms with E-state index in [1.807, 2.05) is 17.0 Å². The zero-order chi connectivity index (χ0) is 23.1. The predicted octanol–water partition coefficient (Wildman–Crippen LogP) is 3.16. The molecule has 0 radical (unpaired) electrons. The first-order chi connectivity index (χ1) is 16.7. The minimum Gasteiger partial charge on any atom is -0.354 e. The molecule has 3 aliphatic rings. The van der Waals surface area contributed by atoms with Gasteiger partial charge in [0.05, 0.1) is 24.1 Å². The van der Waals surface area contributed by atoms with Crippen molar-refractivity contribution in [3.8, 4) is 5.69 Å². The molecular formula is C24H32N10. The number of anilines is 4. The number of nitrogens with zero attached hydrogens (tertiary/aromatic N) is 9. The lowest BCUT2D eigenvalue weighted by Gasteiger charge is -2.40. The second kappa shape index (κ2) is 8.83. The Morgan fingerprint density at radius 3 is 2.59 bits per heavy atom. The highest BCUT2D eigenvalue weighted by atomic mass is 15.4. The zero-order valence-electron chi connectivity index (χ0n) is 19.9. The number of pyridine rings is 1. The average molecular weight is 461 g/mol. The Morgan fingerprint density at radius 1 is 1.03 bits per heavy atom. The predicted molar refractivity (Wildman–Crippen MR) is 132 cm³/mol. The SMILES string of the molecule is CCC1c2nncn2-c2cnc(Nc3ccc(N4CCN(C)CC4)nc3)nc2N1C1CCCC1. The van der Waals surface area contributed by atoms with E-state index in [9.17, 15) is 0 Å². The van der Waals surface area contributed by atoms with E-state index in [1.165, 1.54) is 25.7 Å². The summed E-state index contributed by atoms with van der Waals surface area (Å²) in [4.78, 5) is 21.5. The van der Waals surface area contributed by atoms with Crippen LogP contribution in [0.5, 0.6) is 0 Å². The van der Waals surface area contributed by atoms with Gasteiger partial charge in [-0.2, -0.15) is 4.98 Å². The zero-order valence-corrected chi connectivity index (χ0v) is 19.9. The van der Waals surface area contributed by atoms with Crippen molar-refractivity contribution in [2.24, 2.45) is 0 Å². The maximum absolute atomic E-state index is 5.02. The minimum absolute atomic E-state index is 0.172.